The van der Waals surface area contributed by atoms with Crippen LogP contribution >= 0.6 is 0 Å². The predicted octanol–water partition coefficient (Wildman–Crippen LogP) is 7.33. The molecule has 5 heteroatoms. The molecule has 0 bridgehead atoms. The van der Waals surface area contributed by atoms with Crippen LogP contribution in [0.1, 0.15) is 70.3 Å². The highest BCUT2D eigenvalue weighted by molar-refractivity contribution is 5.75. The van der Waals surface area contributed by atoms with Crippen LogP contribution in [0.5, 0.6) is 5.75 Å². The third-order valence-electron chi connectivity index (χ3n) is 7.17. The molecule has 2 aliphatic carbocycles. The molecule has 1 atom stereocenters. The van der Waals surface area contributed by atoms with Gasteiger partial charge in [-0.3, -0.25) is 4.79 Å². The molecule has 0 heterocycles. The molecule has 3 rings (SSSR count). The number of esters is 1. The Labute approximate surface area is 189 Å². The highest BCUT2D eigenvalue weighted by atomic mass is 19.4. The highest BCUT2D eigenvalue weighted by Crippen LogP contribution is 2.39. The number of ether oxygens (including phenoxy) is 1. The van der Waals surface area contributed by atoms with Crippen molar-refractivity contribution < 1.29 is 22.7 Å². The van der Waals surface area contributed by atoms with E-state index in [0.717, 1.165) is 37.7 Å². The van der Waals surface area contributed by atoms with Gasteiger partial charge < -0.3 is 4.74 Å². The quantitative estimate of drug-likeness (QED) is 0.205. The Morgan fingerprint density at radius 1 is 1.09 bits per heavy atom. The van der Waals surface area contributed by atoms with Gasteiger partial charge in [-0.2, -0.15) is 13.2 Å². The summed E-state index contributed by atoms with van der Waals surface area (Å²) in [6.07, 6.45) is 4.11. The first kappa shape index (κ1) is 24.4. The molecule has 2 fully saturated rings. The number of rotatable bonds is 5. The average molecular weight is 447 g/mol. The maximum absolute atomic E-state index is 12.8. The normalized spacial score (nSPS) is 27.0. The zero-order valence-electron chi connectivity index (χ0n) is 18.8. The standard InChI is InChI=1S/C27H33F3O2/c1-3-21(4-2)22-11-13-23(14-12-22)26(31)32-25-17-9-20(10-18-25)6-5-19-7-15-24(16-8-19)27(28,29)30/h3,9-10,17-19,21-24H,1,4,7-8,11-16H2,2H3/t19-,21?,22-,23-,24-. The number of carbonyl (C=O) groups excluding carboxylic acids is 1. The van der Waals surface area contributed by atoms with E-state index in [4.69, 9.17) is 4.74 Å². The van der Waals surface area contributed by atoms with Crippen LogP contribution in [0.25, 0.3) is 0 Å². The molecular formula is C27H33F3O2. The van der Waals surface area contributed by atoms with Crippen molar-refractivity contribution in [2.24, 2.45) is 29.6 Å². The molecule has 0 amide bonds. The van der Waals surface area contributed by atoms with Crippen LogP contribution in [0, 0.1) is 41.4 Å². The van der Waals surface area contributed by atoms with E-state index in [1.165, 1.54) is 0 Å². The minimum absolute atomic E-state index is 0.00891. The van der Waals surface area contributed by atoms with Crippen LogP contribution in [-0.2, 0) is 4.79 Å². The van der Waals surface area contributed by atoms with Crippen molar-refractivity contribution in [2.45, 2.75) is 70.9 Å². The summed E-state index contributed by atoms with van der Waals surface area (Å²) in [4.78, 5) is 12.5. The lowest BCUT2D eigenvalue weighted by Crippen LogP contribution is -2.27. The van der Waals surface area contributed by atoms with E-state index in [2.05, 4.69) is 25.3 Å². The molecule has 0 saturated heterocycles. The van der Waals surface area contributed by atoms with Gasteiger partial charge in [0, 0.05) is 11.5 Å². The molecule has 0 aromatic heterocycles. The molecule has 0 aliphatic heterocycles. The molecule has 1 aromatic carbocycles. The van der Waals surface area contributed by atoms with Crippen molar-refractivity contribution in [3.8, 4) is 17.6 Å². The summed E-state index contributed by atoms with van der Waals surface area (Å²) in [5.74, 6) is 6.42. The van der Waals surface area contributed by atoms with Gasteiger partial charge in [0.15, 0.2) is 0 Å². The first-order chi connectivity index (χ1) is 15.3. The summed E-state index contributed by atoms with van der Waals surface area (Å²) in [5.41, 5.74) is 0.776. The summed E-state index contributed by atoms with van der Waals surface area (Å²) in [6.45, 7) is 6.11. The fourth-order valence-electron chi connectivity index (χ4n) is 5.03. The van der Waals surface area contributed by atoms with Crippen LogP contribution < -0.4 is 4.74 Å². The van der Waals surface area contributed by atoms with Crippen LogP contribution in [0.15, 0.2) is 36.9 Å². The zero-order chi connectivity index (χ0) is 23.1. The highest BCUT2D eigenvalue weighted by Gasteiger charge is 2.41. The van der Waals surface area contributed by atoms with Gasteiger partial charge >= 0.3 is 12.1 Å². The minimum atomic E-state index is -4.09. The maximum atomic E-state index is 12.8. The average Bonchev–Trinajstić information content (AvgIpc) is 2.79. The Kier molecular flexibility index (Phi) is 8.45. The summed E-state index contributed by atoms with van der Waals surface area (Å²) in [6, 6.07) is 7.06. The number of allylic oxidation sites excluding steroid dienone is 1. The number of alkyl halides is 3. The molecule has 0 N–H and O–H groups in total. The topological polar surface area (TPSA) is 26.3 Å². The Hall–Kier alpha value is -2.22. The number of benzene rings is 1. The smallest absolute Gasteiger partial charge is 0.391 e. The Balaban J connectivity index is 1.46. The van der Waals surface area contributed by atoms with Crippen molar-refractivity contribution in [3.63, 3.8) is 0 Å². The molecule has 32 heavy (non-hydrogen) atoms. The lowest BCUT2D eigenvalue weighted by Gasteiger charge is -2.31. The van der Waals surface area contributed by atoms with Crippen LogP contribution in [0.4, 0.5) is 13.2 Å². The molecule has 1 unspecified atom stereocenters. The van der Waals surface area contributed by atoms with Gasteiger partial charge in [-0.25, -0.2) is 0 Å². The summed E-state index contributed by atoms with van der Waals surface area (Å²) in [5, 5.41) is 0. The second-order valence-electron chi connectivity index (χ2n) is 9.22. The molecule has 0 spiro atoms. The zero-order valence-corrected chi connectivity index (χ0v) is 18.8. The SMILES string of the molecule is C=CC(CC)[C@H]1CC[C@H](C(=O)Oc2ccc(C#C[C@H]3CC[C@H](C(F)(F)F)CC3)cc2)CC1. The first-order valence-corrected chi connectivity index (χ1v) is 11.8. The number of hydrogen-bond donors (Lipinski definition) is 0. The summed E-state index contributed by atoms with van der Waals surface area (Å²) in [7, 11) is 0. The van der Waals surface area contributed by atoms with E-state index >= 15 is 0 Å². The lowest BCUT2D eigenvalue weighted by molar-refractivity contribution is -0.183. The molecule has 0 radical (unpaired) electrons. The van der Waals surface area contributed by atoms with Gasteiger partial charge in [0.1, 0.15) is 5.75 Å². The van der Waals surface area contributed by atoms with Gasteiger partial charge in [0.05, 0.1) is 11.8 Å². The molecule has 2 aliphatic rings. The fourth-order valence-corrected chi connectivity index (χ4v) is 5.03. The van der Waals surface area contributed by atoms with E-state index < -0.39 is 12.1 Å². The van der Waals surface area contributed by atoms with Crippen molar-refractivity contribution in [3.05, 3.63) is 42.5 Å². The van der Waals surface area contributed by atoms with E-state index in [1.807, 2.05) is 6.08 Å². The number of hydrogen-bond acceptors (Lipinski definition) is 2. The van der Waals surface area contributed by atoms with Gasteiger partial charge in [-0.1, -0.05) is 24.8 Å². The van der Waals surface area contributed by atoms with Gasteiger partial charge in [-0.15, -0.1) is 6.58 Å². The molecular weight excluding hydrogens is 413 g/mol. The number of halogens is 3. The third kappa shape index (κ3) is 6.64. The van der Waals surface area contributed by atoms with E-state index in [9.17, 15) is 18.0 Å². The van der Waals surface area contributed by atoms with Crippen LogP contribution in [-0.4, -0.2) is 12.1 Å². The van der Waals surface area contributed by atoms with Crippen LogP contribution in [0.2, 0.25) is 0 Å². The Morgan fingerprint density at radius 3 is 2.25 bits per heavy atom. The van der Waals surface area contributed by atoms with Gasteiger partial charge in [-0.05, 0) is 93.9 Å². The second-order valence-corrected chi connectivity index (χ2v) is 9.22. The van der Waals surface area contributed by atoms with Gasteiger partial charge in [0.2, 0.25) is 0 Å². The van der Waals surface area contributed by atoms with Crippen molar-refractivity contribution in [2.75, 3.05) is 0 Å². The van der Waals surface area contributed by atoms with Crippen LogP contribution in [0.3, 0.4) is 0 Å². The molecule has 2 saturated carbocycles. The number of carbonyl (C=O) groups is 1. The summed E-state index contributed by atoms with van der Waals surface area (Å²) < 4.78 is 43.9. The van der Waals surface area contributed by atoms with Crippen molar-refractivity contribution in [1.82, 2.24) is 0 Å². The maximum Gasteiger partial charge on any atom is 0.391 e. The lowest BCUT2D eigenvalue weighted by atomic mass is 9.75. The second kappa shape index (κ2) is 11.1. The Morgan fingerprint density at radius 2 is 1.72 bits per heavy atom. The third-order valence-corrected chi connectivity index (χ3v) is 7.17. The Bertz CT molecular complexity index is 815. The molecule has 2 nitrogen and oxygen atoms in total. The van der Waals surface area contributed by atoms with Gasteiger partial charge in [0.25, 0.3) is 0 Å². The largest absolute Gasteiger partial charge is 0.426 e. The molecule has 174 valence electrons. The minimum Gasteiger partial charge on any atom is -0.426 e. The van der Waals surface area contributed by atoms with Crippen molar-refractivity contribution >= 4 is 5.97 Å². The monoisotopic (exact) mass is 446 g/mol. The van der Waals surface area contributed by atoms with Crippen molar-refractivity contribution in [1.29, 1.82) is 0 Å². The van der Waals surface area contributed by atoms with E-state index in [0.29, 0.717) is 30.4 Å². The molecule has 1 aromatic rings. The summed E-state index contributed by atoms with van der Waals surface area (Å²) >= 11 is 0. The predicted molar refractivity (Wildman–Crippen MR) is 120 cm³/mol. The fraction of sp³-hybridized carbons (Fsp3) is 0.593. The first-order valence-electron chi connectivity index (χ1n) is 11.8. The van der Waals surface area contributed by atoms with E-state index in [1.54, 1.807) is 24.3 Å². The van der Waals surface area contributed by atoms with E-state index in [-0.39, 0.29) is 30.6 Å².